The van der Waals surface area contributed by atoms with E-state index in [-0.39, 0.29) is 18.9 Å². The first-order valence-electron chi connectivity index (χ1n) is 8.89. The molecule has 3 N–H and O–H groups in total. The van der Waals surface area contributed by atoms with Crippen molar-refractivity contribution in [3.05, 3.63) is 65.9 Å². The van der Waals surface area contributed by atoms with Crippen LogP contribution in [-0.2, 0) is 20.7 Å². The molecule has 0 unspecified atom stereocenters. The molecule has 0 bridgehead atoms. The molecular formula is C21H21N3O4. The van der Waals surface area contributed by atoms with Crippen LogP contribution in [0.1, 0.15) is 22.3 Å². The molecule has 0 aliphatic carbocycles. The molecule has 144 valence electrons. The van der Waals surface area contributed by atoms with Gasteiger partial charge >= 0.3 is 5.97 Å². The number of fused-ring (bicyclic) bond motifs is 1. The Kier molecular flexibility index (Phi) is 6.06. The lowest BCUT2D eigenvalue weighted by molar-refractivity contribution is -0.147. The molecule has 3 rings (SSSR count). The summed E-state index contributed by atoms with van der Waals surface area (Å²) in [6, 6.07) is 14.3. The molecule has 3 aromatic rings. The lowest BCUT2D eigenvalue weighted by Crippen LogP contribution is -2.21. The van der Waals surface area contributed by atoms with Gasteiger partial charge in [-0.1, -0.05) is 18.2 Å². The van der Waals surface area contributed by atoms with Crippen molar-refractivity contribution in [2.24, 2.45) is 0 Å². The van der Waals surface area contributed by atoms with E-state index in [1.54, 1.807) is 31.3 Å². The zero-order chi connectivity index (χ0) is 19.9. The number of aryl methyl sites for hydroxylation is 1. The first-order chi connectivity index (χ1) is 13.6. The number of hydrogen-bond donors (Lipinski definition) is 3. The quantitative estimate of drug-likeness (QED) is 0.550. The van der Waals surface area contributed by atoms with E-state index in [9.17, 15) is 14.4 Å². The van der Waals surface area contributed by atoms with Crippen LogP contribution in [0.25, 0.3) is 10.9 Å². The summed E-state index contributed by atoms with van der Waals surface area (Å²) in [5, 5.41) is 6.22. The molecule has 28 heavy (non-hydrogen) atoms. The fourth-order valence-corrected chi connectivity index (χ4v) is 2.84. The molecule has 2 amide bonds. The number of carbonyl (C=O) groups excluding carboxylic acids is 3. The van der Waals surface area contributed by atoms with Crippen molar-refractivity contribution < 1.29 is 19.1 Å². The van der Waals surface area contributed by atoms with Crippen LogP contribution in [-0.4, -0.2) is 36.4 Å². The third-order valence-corrected chi connectivity index (χ3v) is 4.30. The van der Waals surface area contributed by atoms with E-state index >= 15 is 0 Å². The van der Waals surface area contributed by atoms with Crippen LogP contribution in [0.2, 0.25) is 0 Å². The van der Waals surface area contributed by atoms with Crippen LogP contribution in [0.5, 0.6) is 0 Å². The van der Waals surface area contributed by atoms with E-state index in [0.717, 1.165) is 16.5 Å². The lowest BCUT2D eigenvalue weighted by Gasteiger charge is -2.07. The number of H-pyrrole nitrogens is 1. The van der Waals surface area contributed by atoms with Crippen LogP contribution >= 0.6 is 0 Å². The molecule has 1 aromatic heterocycles. The van der Waals surface area contributed by atoms with Gasteiger partial charge in [-0.25, -0.2) is 0 Å². The van der Waals surface area contributed by atoms with Gasteiger partial charge in [-0.05, 0) is 42.3 Å². The van der Waals surface area contributed by atoms with Crippen LogP contribution in [0.3, 0.4) is 0 Å². The van der Waals surface area contributed by atoms with Crippen LogP contribution in [0.4, 0.5) is 5.69 Å². The number of aromatic nitrogens is 1. The van der Waals surface area contributed by atoms with E-state index in [4.69, 9.17) is 4.74 Å². The van der Waals surface area contributed by atoms with Gasteiger partial charge in [-0.2, -0.15) is 0 Å². The highest BCUT2D eigenvalue weighted by Crippen LogP contribution is 2.19. The molecule has 0 spiro atoms. The third kappa shape index (κ3) is 4.76. The molecule has 7 heteroatoms. The minimum absolute atomic E-state index is 0.190. The maximum Gasteiger partial charge on any atom is 0.306 e. The van der Waals surface area contributed by atoms with Gasteiger partial charge in [-0.3, -0.25) is 14.4 Å². The van der Waals surface area contributed by atoms with E-state index in [1.165, 1.54) is 0 Å². The van der Waals surface area contributed by atoms with E-state index in [0.29, 0.717) is 17.7 Å². The number of para-hydroxylation sites is 1. The Hall–Kier alpha value is -3.61. The van der Waals surface area contributed by atoms with Crippen molar-refractivity contribution in [2.75, 3.05) is 19.0 Å². The highest BCUT2D eigenvalue weighted by molar-refractivity contribution is 5.96. The Morgan fingerprint density at radius 2 is 1.79 bits per heavy atom. The Morgan fingerprint density at radius 1 is 1.04 bits per heavy atom. The van der Waals surface area contributed by atoms with Crippen molar-refractivity contribution in [3.8, 4) is 0 Å². The number of rotatable bonds is 7. The number of hydrogen-bond acceptors (Lipinski definition) is 4. The SMILES string of the molecule is CNC(=O)c1ccc(NC(=O)COC(=O)CCc2c[nH]c3ccccc23)cc1. The van der Waals surface area contributed by atoms with Gasteiger partial charge < -0.3 is 20.4 Å². The third-order valence-electron chi connectivity index (χ3n) is 4.30. The van der Waals surface area contributed by atoms with E-state index < -0.39 is 11.9 Å². The second-order valence-corrected chi connectivity index (χ2v) is 6.22. The number of anilines is 1. The fraction of sp³-hybridized carbons (Fsp3) is 0.190. The van der Waals surface area contributed by atoms with E-state index in [1.807, 2.05) is 30.5 Å². The summed E-state index contributed by atoms with van der Waals surface area (Å²) in [4.78, 5) is 38.5. The van der Waals surface area contributed by atoms with Gasteiger partial charge in [-0.15, -0.1) is 0 Å². The molecule has 0 aliphatic heterocycles. The Bertz CT molecular complexity index is 992. The predicted molar refractivity (Wildman–Crippen MR) is 106 cm³/mol. The van der Waals surface area contributed by atoms with Crippen LogP contribution < -0.4 is 10.6 Å². The van der Waals surface area contributed by atoms with Gasteiger partial charge in [0.15, 0.2) is 6.61 Å². The Morgan fingerprint density at radius 3 is 2.54 bits per heavy atom. The number of nitrogens with one attached hydrogen (secondary N) is 3. The molecule has 0 atom stereocenters. The number of esters is 1. The number of amides is 2. The number of benzene rings is 2. The minimum Gasteiger partial charge on any atom is -0.456 e. The number of ether oxygens (including phenoxy) is 1. The standard InChI is InChI=1S/C21H21N3O4/c1-22-21(27)14-6-9-16(10-7-14)24-19(25)13-28-20(26)11-8-15-12-23-18-5-3-2-4-17(15)18/h2-7,9-10,12,23H,8,11,13H2,1H3,(H,22,27)(H,24,25). The van der Waals surface area contributed by atoms with Crippen LogP contribution in [0.15, 0.2) is 54.7 Å². The lowest BCUT2D eigenvalue weighted by atomic mass is 10.1. The summed E-state index contributed by atoms with van der Waals surface area (Å²) in [7, 11) is 1.55. The average molecular weight is 379 g/mol. The zero-order valence-corrected chi connectivity index (χ0v) is 15.5. The summed E-state index contributed by atoms with van der Waals surface area (Å²) in [6.45, 7) is -0.357. The minimum atomic E-state index is -0.437. The van der Waals surface area contributed by atoms with Crippen LogP contribution in [0, 0.1) is 0 Å². The number of carbonyl (C=O) groups is 3. The smallest absolute Gasteiger partial charge is 0.306 e. The highest BCUT2D eigenvalue weighted by Gasteiger charge is 2.11. The van der Waals surface area contributed by atoms with Crippen molar-refractivity contribution in [2.45, 2.75) is 12.8 Å². The maximum atomic E-state index is 11.9. The highest BCUT2D eigenvalue weighted by atomic mass is 16.5. The largest absolute Gasteiger partial charge is 0.456 e. The monoisotopic (exact) mass is 379 g/mol. The first kappa shape index (κ1) is 19.2. The summed E-state index contributed by atoms with van der Waals surface area (Å²) >= 11 is 0. The Balaban J connectivity index is 1.44. The first-order valence-corrected chi connectivity index (χ1v) is 8.89. The molecule has 0 saturated carbocycles. The number of aromatic amines is 1. The van der Waals surface area contributed by atoms with Crippen molar-refractivity contribution in [3.63, 3.8) is 0 Å². The van der Waals surface area contributed by atoms with Gasteiger partial charge in [0.05, 0.1) is 0 Å². The van der Waals surface area contributed by atoms with Gasteiger partial charge in [0.25, 0.3) is 11.8 Å². The Labute approximate surface area is 162 Å². The second kappa shape index (κ2) is 8.85. The van der Waals surface area contributed by atoms with Crippen molar-refractivity contribution in [1.82, 2.24) is 10.3 Å². The molecule has 0 aliphatic rings. The van der Waals surface area contributed by atoms with Crippen molar-refractivity contribution in [1.29, 1.82) is 0 Å². The van der Waals surface area contributed by atoms with Crippen molar-refractivity contribution >= 4 is 34.4 Å². The zero-order valence-electron chi connectivity index (χ0n) is 15.5. The topological polar surface area (TPSA) is 100 Å². The summed E-state index contributed by atoms with van der Waals surface area (Å²) < 4.78 is 5.04. The predicted octanol–water partition coefficient (Wildman–Crippen LogP) is 2.64. The summed E-state index contributed by atoms with van der Waals surface area (Å²) in [6.07, 6.45) is 2.61. The summed E-state index contributed by atoms with van der Waals surface area (Å²) in [5.74, 6) is -1.08. The van der Waals surface area contributed by atoms with E-state index in [2.05, 4.69) is 15.6 Å². The average Bonchev–Trinajstić information content (AvgIpc) is 3.14. The molecule has 2 aromatic carbocycles. The van der Waals surface area contributed by atoms with Gasteiger partial charge in [0.2, 0.25) is 0 Å². The van der Waals surface area contributed by atoms with Gasteiger partial charge in [0, 0.05) is 41.8 Å². The molecule has 7 nitrogen and oxygen atoms in total. The maximum absolute atomic E-state index is 11.9. The molecule has 0 fully saturated rings. The summed E-state index contributed by atoms with van der Waals surface area (Å²) in [5.41, 5.74) is 3.07. The second-order valence-electron chi connectivity index (χ2n) is 6.22. The van der Waals surface area contributed by atoms with Gasteiger partial charge in [0.1, 0.15) is 0 Å². The molecular weight excluding hydrogens is 358 g/mol. The molecule has 1 heterocycles. The normalized spacial score (nSPS) is 10.5. The molecule has 0 radical (unpaired) electrons. The molecule has 0 saturated heterocycles. The fourth-order valence-electron chi connectivity index (χ4n) is 2.84.